The molecule has 3 heterocycles. The van der Waals surface area contributed by atoms with Crippen molar-refractivity contribution in [1.29, 1.82) is 0 Å². The number of aliphatic carboxylic acids is 1. The molecule has 2 aliphatic heterocycles. The SMILES string of the molecule is O=C(O)C(F)(F)F.O=C1NCc2ccccc2C12CCN(Cc1cc3ccccc3[nH]1)CC2. The van der Waals surface area contributed by atoms with Crippen LogP contribution in [0.4, 0.5) is 13.2 Å². The number of nitrogens with one attached hydrogen (secondary N) is 2. The highest BCUT2D eigenvalue weighted by molar-refractivity contribution is 5.90. The lowest BCUT2D eigenvalue weighted by Crippen LogP contribution is -2.54. The largest absolute Gasteiger partial charge is 0.490 e. The number of fused-ring (bicyclic) bond motifs is 3. The zero-order valence-corrected chi connectivity index (χ0v) is 17.8. The Balaban J connectivity index is 0.000000325. The van der Waals surface area contributed by atoms with Crippen LogP contribution in [0.25, 0.3) is 10.9 Å². The molecular formula is C24H24F3N3O3. The number of likely N-dealkylation sites (tertiary alicyclic amines) is 1. The Bertz CT molecular complexity index is 1130. The summed E-state index contributed by atoms with van der Waals surface area (Å²) >= 11 is 0. The number of amides is 1. The minimum atomic E-state index is -5.08. The fraction of sp³-hybridized carbons (Fsp3) is 0.333. The Morgan fingerprint density at radius 3 is 2.36 bits per heavy atom. The van der Waals surface area contributed by atoms with E-state index >= 15 is 0 Å². The number of carboxylic acids is 1. The molecule has 0 bridgehead atoms. The van der Waals surface area contributed by atoms with E-state index in [0.29, 0.717) is 6.54 Å². The van der Waals surface area contributed by atoms with E-state index in [-0.39, 0.29) is 11.3 Å². The second-order valence-corrected chi connectivity index (χ2v) is 8.38. The van der Waals surface area contributed by atoms with E-state index < -0.39 is 12.1 Å². The fourth-order valence-electron chi connectivity index (χ4n) is 4.66. The van der Waals surface area contributed by atoms with Gasteiger partial charge >= 0.3 is 12.1 Å². The van der Waals surface area contributed by atoms with E-state index in [0.717, 1.165) is 32.5 Å². The maximum atomic E-state index is 12.8. The van der Waals surface area contributed by atoms with Crippen molar-refractivity contribution in [2.75, 3.05) is 13.1 Å². The first-order valence-electron chi connectivity index (χ1n) is 10.6. The Morgan fingerprint density at radius 1 is 1.06 bits per heavy atom. The molecule has 1 aromatic heterocycles. The second kappa shape index (κ2) is 8.90. The van der Waals surface area contributed by atoms with Gasteiger partial charge in [0.15, 0.2) is 0 Å². The van der Waals surface area contributed by atoms with Gasteiger partial charge in [0.05, 0.1) is 5.41 Å². The van der Waals surface area contributed by atoms with Crippen LogP contribution in [-0.2, 0) is 28.1 Å². The molecule has 6 nitrogen and oxygen atoms in total. The number of carbonyl (C=O) groups excluding carboxylic acids is 1. The summed E-state index contributed by atoms with van der Waals surface area (Å²) in [4.78, 5) is 27.7. The number of aromatic nitrogens is 1. The van der Waals surface area contributed by atoms with Gasteiger partial charge in [0.25, 0.3) is 0 Å². The summed E-state index contributed by atoms with van der Waals surface area (Å²) in [6.45, 7) is 3.46. The van der Waals surface area contributed by atoms with Gasteiger partial charge < -0.3 is 15.4 Å². The van der Waals surface area contributed by atoms with Crippen LogP contribution in [0.3, 0.4) is 0 Å². The van der Waals surface area contributed by atoms with Gasteiger partial charge in [-0.2, -0.15) is 13.2 Å². The Labute approximate surface area is 188 Å². The molecule has 5 rings (SSSR count). The van der Waals surface area contributed by atoms with Crippen molar-refractivity contribution in [1.82, 2.24) is 15.2 Å². The van der Waals surface area contributed by atoms with E-state index in [9.17, 15) is 18.0 Å². The van der Waals surface area contributed by atoms with E-state index in [1.165, 1.54) is 27.7 Å². The average molecular weight is 459 g/mol. The van der Waals surface area contributed by atoms with E-state index in [1.807, 2.05) is 0 Å². The summed E-state index contributed by atoms with van der Waals surface area (Å²) in [5.74, 6) is -2.55. The molecule has 0 aliphatic carbocycles. The number of hydrogen-bond donors (Lipinski definition) is 3. The predicted octanol–water partition coefficient (Wildman–Crippen LogP) is 3.96. The van der Waals surface area contributed by atoms with Crippen molar-refractivity contribution in [2.24, 2.45) is 0 Å². The maximum Gasteiger partial charge on any atom is 0.490 e. The van der Waals surface area contributed by atoms with Gasteiger partial charge in [0.2, 0.25) is 5.91 Å². The second-order valence-electron chi connectivity index (χ2n) is 8.38. The number of H-pyrrole nitrogens is 1. The minimum Gasteiger partial charge on any atom is -0.475 e. The lowest BCUT2D eigenvalue weighted by atomic mass is 9.68. The molecule has 3 N–H and O–H groups in total. The monoisotopic (exact) mass is 459 g/mol. The number of carbonyl (C=O) groups is 2. The summed E-state index contributed by atoms with van der Waals surface area (Å²) < 4.78 is 31.7. The third-order valence-corrected chi connectivity index (χ3v) is 6.34. The van der Waals surface area contributed by atoms with Crippen LogP contribution in [0.5, 0.6) is 0 Å². The molecule has 33 heavy (non-hydrogen) atoms. The lowest BCUT2D eigenvalue weighted by Gasteiger charge is -2.44. The normalized spacial score (nSPS) is 17.7. The fourth-order valence-corrected chi connectivity index (χ4v) is 4.66. The number of carboxylic acid groups (broad SMARTS) is 1. The molecule has 2 aromatic carbocycles. The quantitative estimate of drug-likeness (QED) is 0.542. The van der Waals surface area contributed by atoms with Crippen molar-refractivity contribution < 1.29 is 27.9 Å². The van der Waals surface area contributed by atoms with Gasteiger partial charge in [-0.05, 0) is 54.6 Å². The number of rotatable bonds is 2. The van der Waals surface area contributed by atoms with Gasteiger partial charge in [-0.3, -0.25) is 9.69 Å². The predicted molar refractivity (Wildman–Crippen MR) is 116 cm³/mol. The first kappa shape index (κ1) is 22.8. The van der Waals surface area contributed by atoms with Crippen molar-refractivity contribution in [3.63, 3.8) is 0 Å². The smallest absolute Gasteiger partial charge is 0.475 e. The Kier molecular flexibility index (Phi) is 6.16. The van der Waals surface area contributed by atoms with Crippen LogP contribution in [0.1, 0.15) is 29.7 Å². The number of alkyl halides is 3. The number of hydrogen-bond acceptors (Lipinski definition) is 3. The zero-order chi connectivity index (χ0) is 23.6. The molecule has 0 saturated carbocycles. The third-order valence-electron chi connectivity index (χ3n) is 6.34. The molecule has 9 heteroatoms. The number of piperidine rings is 1. The number of nitrogens with zero attached hydrogens (tertiary/aromatic N) is 1. The molecule has 1 amide bonds. The topological polar surface area (TPSA) is 85.4 Å². The number of para-hydroxylation sites is 1. The van der Waals surface area contributed by atoms with Crippen molar-refractivity contribution in [3.05, 3.63) is 71.4 Å². The summed E-state index contributed by atoms with van der Waals surface area (Å²) in [6.07, 6.45) is -3.31. The summed E-state index contributed by atoms with van der Waals surface area (Å²) in [7, 11) is 0. The molecule has 174 valence electrons. The molecule has 0 atom stereocenters. The van der Waals surface area contributed by atoms with E-state index in [2.05, 4.69) is 69.8 Å². The molecule has 2 aliphatic rings. The number of benzene rings is 2. The Hall–Kier alpha value is -3.33. The van der Waals surface area contributed by atoms with Crippen LogP contribution >= 0.6 is 0 Å². The molecular weight excluding hydrogens is 435 g/mol. The maximum absolute atomic E-state index is 12.8. The number of halogens is 3. The third kappa shape index (κ3) is 4.73. The molecule has 1 spiro atoms. The summed E-state index contributed by atoms with van der Waals surface area (Å²) in [5, 5.41) is 11.5. The van der Waals surface area contributed by atoms with E-state index in [1.54, 1.807) is 0 Å². The lowest BCUT2D eigenvalue weighted by molar-refractivity contribution is -0.192. The highest BCUT2D eigenvalue weighted by atomic mass is 19.4. The molecule has 0 radical (unpaired) electrons. The van der Waals surface area contributed by atoms with Gasteiger partial charge in [-0.1, -0.05) is 42.5 Å². The summed E-state index contributed by atoms with van der Waals surface area (Å²) in [5.41, 5.74) is 4.61. The van der Waals surface area contributed by atoms with Crippen molar-refractivity contribution in [2.45, 2.75) is 37.5 Å². The Morgan fingerprint density at radius 2 is 1.70 bits per heavy atom. The van der Waals surface area contributed by atoms with Gasteiger partial charge in [-0.25, -0.2) is 4.79 Å². The van der Waals surface area contributed by atoms with E-state index in [4.69, 9.17) is 9.90 Å². The molecule has 1 fully saturated rings. The van der Waals surface area contributed by atoms with Crippen LogP contribution in [0.15, 0.2) is 54.6 Å². The van der Waals surface area contributed by atoms with Crippen LogP contribution in [0.2, 0.25) is 0 Å². The highest BCUT2D eigenvalue weighted by Gasteiger charge is 2.45. The van der Waals surface area contributed by atoms with Gasteiger partial charge in [0, 0.05) is 24.3 Å². The van der Waals surface area contributed by atoms with Crippen LogP contribution in [-0.4, -0.2) is 46.1 Å². The van der Waals surface area contributed by atoms with Crippen LogP contribution in [0, 0.1) is 0 Å². The van der Waals surface area contributed by atoms with Gasteiger partial charge in [-0.15, -0.1) is 0 Å². The zero-order valence-electron chi connectivity index (χ0n) is 17.8. The average Bonchev–Trinajstić information content (AvgIpc) is 3.20. The standard InChI is InChI=1S/C22H23N3O.C2HF3O2/c26-21-22(19-7-3-1-6-17(19)14-23-21)9-11-25(12-10-22)15-18-13-16-5-2-4-8-20(16)24-18;3-2(4,5)1(6)7/h1-8,13,24H,9-12,14-15H2,(H,23,26);(H,6,7). The first-order valence-corrected chi connectivity index (χ1v) is 10.6. The summed E-state index contributed by atoms with van der Waals surface area (Å²) in [6, 6.07) is 19.1. The molecule has 1 saturated heterocycles. The molecule has 0 unspecified atom stereocenters. The van der Waals surface area contributed by atoms with Gasteiger partial charge in [0.1, 0.15) is 0 Å². The molecule has 3 aromatic rings. The minimum absolute atomic E-state index is 0.210. The van der Waals surface area contributed by atoms with Crippen molar-refractivity contribution in [3.8, 4) is 0 Å². The van der Waals surface area contributed by atoms with Crippen molar-refractivity contribution >= 4 is 22.8 Å². The highest BCUT2D eigenvalue weighted by Crippen LogP contribution is 2.40. The van der Waals surface area contributed by atoms with Crippen LogP contribution < -0.4 is 5.32 Å². The number of aromatic amines is 1. The first-order chi connectivity index (χ1) is 15.7.